The molecule has 0 bridgehead atoms. The van der Waals surface area contributed by atoms with Crippen LogP contribution in [0.3, 0.4) is 0 Å². The Morgan fingerprint density at radius 3 is 2.41 bits per heavy atom. The van der Waals surface area contributed by atoms with Crippen LogP contribution in [0, 0.1) is 5.92 Å². The van der Waals surface area contributed by atoms with Crippen LogP contribution in [-0.4, -0.2) is 35.7 Å². The molecule has 0 aliphatic carbocycles. The van der Waals surface area contributed by atoms with Gasteiger partial charge in [0.2, 0.25) is 0 Å². The highest BCUT2D eigenvalue weighted by atomic mass is 16.4. The Bertz CT molecular complexity index is 477. The number of nitrogens with one attached hydrogen (secondary N) is 2. The SMILES string of the molecule is CC(C)C[C@H](NC(=O)NC[C@@H](N)Cc1ccccc1)C(=O)O. The van der Waals surface area contributed by atoms with Gasteiger partial charge in [-0.3, -0.25) is 0 Å². The van der Waals surface area contributed by atoms with E-state index >= 15 is 0 Å². The lowest BCUT2D eigenvalue weighted by molar-refractivity contribution is -0.139. The molecule has 1 aromatic carbocycles. The highest BCUT2D eigenvalue weighted by molar-refractivity contribution is 5.82. The number of carboxylic acids is 1. The van der Waals surface area contributed by atoms with Crippen LogP contribution in [0.5, 0.6) is 0 Å². The Hall–Kier alpha value is -2.08. The highest BCUT2D eigenvalue weighted by Crippen LogP contribution is 2.05. The number of rotatable bonds is 8. The predicted octanol–water partition coefficient (Wildman–Crippen LogP) is 1.35. The lowest BCUT2D eigenvalue weighted by Gasteiger charge is -2.18. The lowest BCUT2D eigenvalue weighted by Crippen LogP contribution is -2.49. The van der Waals surface area contributed by atoms with Crippen molar-refractivity contribution in [3.05, 3.63) is 35.9 Å². The Morgan fingerprint density at radius 2 is 1.86 bits per heavy atom. The molecule has 122 valence electrons. The maximum Gasteiger partial charge on any atom is 0.326 e. The number of amides is 2. The zero-order chi connectivity index (χ0) is 16.5. The van der Waals surface area contributed by atoms with E-state index in [2.05, 4.69) is 10.6 Å². The van der Waals surface area contributed by atoms with Crippen LogP contribution < -0.4 is 16.4 Å². The topological polar surface area (TPSA) is 104 Å². The first-order valence-corrected chi connectivity index (χ1v) is 7.45. The van der Waals surface area contributed by atoms with E-state index in [1.807, 2.05) is 44.2 Å². The average molecular weight is 307 g/mol. The average Bonchev–Trinajstić information content (AvgIpc) is 2.45. The largest absolute Gasteiger partial charge is 0.480 e. The van der Waals surface area contributed by atoms with E-state index in [0.717, 1.165) is 5.56 Å². The van der Waals surface area contributed by atoms with E-state index < -0.39 is 18.0 Å². The van der Waals surface area contributed by atoms with Crippen molar-refractivity contribution in [1.29, 1.82) is 0 Å². The van der Waals surface area contributed by atoms with Gasteiger partial charge in [0.1, 0.15) is 6.04 Å². The number of benzene rings is 1. The molecular weight excluding hydrogens is 282 g/mol. The normalized spacial score (nSPS) is 13.5. The number of carbonyl (C=O) groups excluding carboxylic acids is 1. The minimum Gasteiger partial charge on any atom is -0.480 e. The van der Waals surface area contributed by atoms with E-state index in [1.165, 1.54) is 0 Å². The molecule has 5 N–H and O–H groups in total. The van der Waals surface area contributed by atoms with Gasteiger partial charge in [0.15, 0.2) is 0 Å². The Balaban J connectivity index is 2.36. The van der Waals surface area contributed by atoms with Crippen LogP contribution in [0.4, 0.5) is 4.79 Å². The first kappa shape index (κ1) is 18.0. The quantitative estimate of drug-likeness (QED) is 0.582. The van der Waals surface area contributed by atoms with Crippen LogP contribution in [0.25, 0.3) is 0 Å². The highest BCUT2D eigenvalue weighted by Gasteiger charge is 2.21. The molecular formula is C16H25N3O3. The summed E-state index contributed by atoms with van der Waals surface area (Å²) in [6.07, 6.45) is 1.04. The molecule has 0 aliphatic heterocycles. The fourth-order valence-corrected chi connectivity index (χ4v) is 2.11. The molecule has 0 spiro atoms. The molecule has 0 unspecified atom stereocenters. The molecule has 1 aromatic rings. The summed E-state index contributed by atoms with van der Waals surface area (Å²) in [5, 5.41) is 14.2. The summed E-state index contributed by atoms with van der Waals surface area (Å²) in [6.45, 7) is 4.10. The van der Waals surface area contributed by atoms with Crippen molar-refractivity contribution >= 4 is 12.0 Å². The maximum atomic E-state index is 11.8. The van der Waals surface area contributed by atoms with Crippen LogP contribution in [0.2, 0.25) is 0 Å². The summed E-state index contributed by atoms with van der Waals surface area (Å²) in [5.41, 5.74) is 7.06. The van der Waals surface area contributed by atoms with Crippen LogP contribution in [0.15, 0.2) is 30.3 Å². The van der Waals surface area contributed by atoms with Gasteiger partial charge in [-0.25, -0.2) is 9.59 Å². The molecule has 6 heteroatoms. The first-order chi connectivity index (χ1) is 10.4. The van der Waals surface area contributed by atoms with Crippen molar-refractivity contribution in [2.24, 2.45) is 11.7 Å². The molecule has 0 saturated heterocycles. The van der Waals surface area contributed by atoms with Gasteiger partial charge in [-0.1, -0.05) is 44.2 Å². The van der Waals surface area contributed by atoms with Gasteiger partial charge in [0, 0.05) is 12.6 Å². The second-order valence-electron chi connectivity index (χ2n) is 5.82. The molecule has 0 aliphatic rings. The van der Waals surface area contributed by atoms with Gasteiger partial charge < -0.3 is 21.5 Å². The van der Waals surface area contributed by atoms with Gasteiger partial charge in [0.05, 0.1) is 0 Å². The second-order valence-corrected chi connectivity index (χ2v) is 5.82. The summed E-state index contributed by atoms with van der Waals surface area (Å²) in [4.78, 5) is 22.8. The monoisotopic (exact) mass is 307 g/mol. The zero-order valence-corrected chi connectivity index (χ0v) is 13.1. The molecule has 0 fully saturated rings. The summed E-state index contributed by atoms with van der Waals surface area (Å²) in [6, 6.07) is 8.15. The molecule has 0 heterocycles. The van der Waals surface area contributed by atoms with E-state index in [4.69, 9.17) is 10.8 Å². The number of hydrogen-bond donors (Lipinski definition) is 4. The molecule has 0 saturated carbocycles. The van der Waals surface area contributed by atoms with Crippen molar-refractivity contribution < 1.29 is 14.7 Å². The molecule has 1 rings (SSSR count). The summed E-state index contributed by atoms with van der Waals surface area (Å²) in [7, 11) is 0. The molecule has 22 heavy (non-hydrogen) atoms. The fraction of sp³-hybridized carbons (Fsp3) is 0.500. The number of nitrogens with two attached hydrogens (primary N) is 1. The number of carboxylic acid groups (broad SMARTS) is 1. The maximum absolute atomic E-state index is 11.8. The third kappa shape index (κ3) is 7.08. The van der Waals surface area contributed by atoms with Crippen molar-refractivity contribution in [2.45, 2.75) is 38.8 Å². The van der Waals surface area contributed by atoms with E-state index in [1.54, 1.807) is 0 Å². The van der Waals surface area contributed by atoms with Gasteiger partial charge in [0.25, 0.3) is 0 Å². The fourth-order valence-electron chi connectivity index (χ4n) is 2.11. The van der Waals surface area contributed by atoms with Gasteiger partial charge in [-0.15, -0.1) is 0 Å². The Labute approximate surface area is 131 Å². The van der Waals surface area contributed by atoms with Crippen molar-refractivity contribution in [3.63, 3.8) is 0 Å². The predicted molar refractivity (Wildman–Crippen MR) is 85.5 cm³/mol. The summed E-state index contributed by atoms with van der Waals surface area (Å²) >= 11 is 0. The number of carbonyl (C=O) groups is 2. The number of hydrogen-bond acceptors (Lipinski definition) is 3. The Kier molecular flexibility index (Phi) is 7.39. The van der Waals surface area contributed by atoms with Gasteiger partial charge in [-0.2, -0.15) is 0 Å². The lowest BCUT2D eigenvalue weighted by atomic mass is 10.0. The number of urea groups is 1. The smallest absolute Gasteiger partial charge is 0.326 e. The van der Waals surface area contributed by atoms with Crippen molar-refractivity contribution in [1.82, 2.24) is 10.6 Å². The van der Waals surface area contributed by atoms with E-state index in [0.29, 0.717) is 12.8 Å². The molecule has 0 radical (unpaired) electrons. The number of aliphatic carboxylic acids is 1. The third-order valence-electron chi connectivity index (χ3n) is 3.18. The molecule has 6 nitrogen and oxygen atoms in total. The van der Waals surface area contributed by atoms with Crippen LogP contribution >= 0.6 is 0 Å². The van der Waals surface area contributed by atoms with Gasteiger partial charge >= 0.3 is 12.0 Å². The minimum atomic E-state index is -1.03. The Morgan fingerprint density at radius 1 is 1.23 bits per heavy atom. The molecule has 2 atom stereocenters. The summed E-state index contributed by atoms with van der Waals surface area (Å²) in [5.74, 6) is -0.848. The zero-order valence-electron chi connectivity index (χ0n) is 13.1. The van der Waals surface area contributed by atoms with Crippen LogP contribution in [-0.2, 0) is 11.2 Å². The van der Waals surface area contributed by atoms with Gasteiger partial charge in [-0.05, 0) is 24.3 Å². The van der Waals surface area contributed by atoms with Crippen molar-refractivity contribution in [2.75, 3.05) is 6.54 Å². The second kappa shape index (κ2) is 9.04. The standard InChI is InChI=1S/C16H25N3O3/c1-11(2)8-14(15(20)21)19-16(22)18-10-13(17)9-12-6-4-3-5-7-12/h3-7,11,13-14H,8-10,17H2,1-2H3,(H,20,21)(H2,18,19,22)/t13-,14-/m0/s1. The van der Waals surface area contributed by atoms with E-state index in [-0.39, 0.29) is 18.5 Å². The van der Waals surface area contributed by atoms with Crippen LogP contribution in [0.1, 0.15) is 25.8 Å². The van der Waals surface area contributed by atoms with E-state index in [9.17, 15) is 9.59 Å². The molecule has 2 amide bonds. The molecule has 0 aromatic heterocycles. The minimum absolute atomic E-state index is 0.182. The first-order valence-electron chi connectivity index (χ1n) is 7.45. The third-order valence-corrected chi connectivity index (χ3v) is 3.18. The summed E-state index contributed by atoms with van der Waals surface area (Å²) < 4.78 is 0. The van der Waals surface area contributed by atoms with Crippen molar-refractivity contribution in [3.8, 4) is 0 Å².